The van der Waals surface area contributed by atoms with Crippen molar-refractivity contribution in [1.29, 1.82) is 0 Å². The smallest absolute Gasteiger partial charge is 0.269 e. The summed E-state index contributed by atoms with van der Waals surface area (Å²) in [6, 6.07) is 7.37. The molecule has 0 spiro atoms. The van der Waals surface area contributed by atoms with Crippen molar-refractivity contribution in [3.05, 3.63) is 57.8 Å². The van der Waals surface area contributed by atoms with Gasteiger partial charge in [-0.05, 0) is 24.1 Å². The van der Waals surface area contributed by atoms with E-state index in [1.807, 2.05) is 12.1 Å². The Morgan fingerprint density at radius 3 is 2.30 bits per heavy atom. The van der Waals surface area contributed by atoms with Crippen LogP contribution in [0.4, 0.5) is 5.69 Å². The van der Waals surface area contributed by atoms with Crippen LogP contribution < -0.4 is 10.9 Å². The van der Waals surface area contributed by atoms with E-state index in [4.69, 9.17) is 23.2 Å². The molecule has 0 saturated carbocycles. The summed E-state index contributed by atoms with van der Waals surface area (Å²) in [5.74, 6) is -0.267. The molecule has 0 unspecified atom stereocenters. The fraction of sp³-hybridized carbons (Fsp3) is 0.143. The standard InChI is InChI=1S/C14H13Cl2N3O/c1-2-9-3-5-10(6-4-9)14(20)19-18-13-11(15)7-17-8-12(13)16/h3-8H,2H2,1H3,(H,17,18)(H,19,20). The molecule has 0 aliphatic carbocycles. The summed E-state index contributed by atoms with van der Waals surface area (Å²) in [6.07, 6.45) is 3.82. The van der Waals surface area contributed by atoms with E-state index in [9.17, 15) is 4.79 Å². The molecule has 2 N–H and O–H groups in total. The summed E-state index contributed by atoms with van der Waals surface area (Å²) in [5.41, 5.74) is 7.40. The molecular formula is C14H13Cl2N3O. The summed E-state index contributed by atoms with van der Waals surface area (Å²) < 4.78 is 0. The Labute approximate surface area is 127 Å². The maximum Gasteiger partial charge on any atom is 0.269 e. The number of rotatable bonds is 4. The molecule has 1 aromatic heterocycles. The summed E-state index contributed by atoms with van der Waals surface area (Å²) >= 11 is 11.9. The minimum atomic E-state index is -0.267. The Morgan fingerprint density at radius 1 is 1.15 bits per heavy atom. The number of nitrogens with one attached hydrogen (secondary N) is 2. The minimum Gasteiger partial charge on any atom is -0.295 e. The number of halogens is 2. The molecule has 0 atom stereocenters. The van der Waals surface area contributed by atoms with Gasteiger partial charge in [0.2, 0.25) is 0 Å². The van der Waals surface area contributed by atoms with E-state index in [-0.39, 0.29) is 5.91 Å². The van der Waals surface area contributed by atoms with Gasteiger partial charge in [-0.15, -0.1) is 0 Å². The second-order valence-electron chi connectivity index (χ2n) is 4.11. The molecule has 2 aromatic rings. The van der Waals surface area contributed by atoms with Gasteiger partial charge >= 0.3 is 0 Å². The van der Waals surface area contributed by atoms with Gasteiger partial charge in [-0.1, -0.05) is 42.3 Å². The van der Waals surface area contributed by atoms with E-state index in [2.05, 4.69) is 22.8 Å². The van der Waals surface area contributed by atoms with E-state index in [0.29, 0.717) is 21.3 Å². The molecule has 6 heteroatoms. The van der Waals surface area contributed by atoms with Crippen molar-refractivity contribution in [1.82, 2.24) is 10.4 Å². The fourth-order valence-corrected chi connectivity index (χ4v) is 2.07. The number of hydrogen-bond donors (Lipinski definition) is 2. The highest BCUT2D eigenvalue weighted by Crippen LogP contribution is 2.27. The van der Waals surface area contributed by atoms with Gasteiger partial charge in [0.05, 0.1) is 15.7 Å². The van der Waals surface area contributed by atoms with Crippen LogP contribution in [0.3, 0.4) is 0 Å². The van der Waals surface area contributed by atoms with Crippen LogP contribution in [-0.2, 0) is 6.42 Å². The third-order valence-corrected chi connectivity index (χ3v) is 3.35. The first kappa shape index (κ1) is 14.6. The highest BCUT2D eigenvalue weighted by Gasteiger charge is 2.09. The topological polar surface area (TPSA) is 54.0 Å². The number of pyridine rings is 1. The van der Waals surface area contributed by atoms with Crippen LogP contribution in [-0.4, -0.2) is 10.9 Å². The van der Waals surface area contributed by atoms with Crippen LogP contribution in [0.2, 0.25) is 10.0 Å². The molecular weight excluding hydrogens is 297 g/mol. The first-order valence-corrected chi connectivity index (χ1v) is 6.81. The van der Waals surface area contributed by atoms with Crippen LogP contribution in [0.1, 0.15) is 22.8 Å². The average Bonchev–Trinajstić information content (AvgIpc) is 2.46. The third kappa shape index (κ3) is 3.40. The third-order valence-electron chi connectivity index (χ3n) is 2.78. The highest BCUT2D eigenvalue weighted by atomic mass is 35.5. The number of carbonyl (C=O) groups is 1. The van der Waals surface area contributed by atoms with Gasteiger partial charge in [-0.25, -0.2) is 0 Å². The first-order chi connectivity index (χ1) is 9.61. The second kappa shape index (κ2) is 6.59. The Bertz CT molecular complexity index is 594. The molecule has 0 bridgehead atoms. The van der Waals surface area contributed by atoms with E-state index < -0.39 is 0 Å². The monoisotopic (exact) mass is 309 g/mol. The van der Waals surface area contributed by atoms with Gasteiger partial charge < -0.3 is 0 Å². The predicted octanol–water partition coefficient (Wildman–Crippen LogP) is 3.71. The summed E-state index contributed by atoms with van der Waals surface area (Å²) in [7, 11) is 0. The van der Waals surface area contributed by atoms with Crippen molar-refractivity contribution in [2.75, 3.05) is 5.43 Å². The lowest BCUT2D eigenvalue weighted by Crippen LogP contribution is -2.29. The van der Waals surface area contributed by atoms with Crippen LogP contribution in [0, 0.1) is 0 Å². The summed E-state index contributed by atoms with van der Waals surface area (Å²) in [4.78, 5) is 15.8. The van der Waals surface area contributed by atoms with Crippen LogP contribution in [0.5, 0.6) is 0 Å². The van der Waals surface area contributed by atoms with Gasteiger partial charge in [0.1, 0.15) is 0 Å². The van der Waals surface area contributed by atoms with E-state index in [0.717, 1.165) is 6.42 Å². The molecule has 0 fully saturated rings. The van der Waals surface area contributed by atoms with E-state index in [1.54, 1.807) is 12.1 Å². The number of benzene rings is 1. The molecule has 0 radical (unpaired) electrons. The Kier molecular flexibility index (Phi) is 4.82. The number of aromatic nitrogens is 1. The normalized spacial score (nSPS) is 10.2. The number of amides is 1. The van der Waals surface area contributed by atoms with Crippen molar-refractivity contribution in [3.63, 3.8) is 0 Å². The minimum absolute atomic E-state index is 0.267. The fourth-order valence-electron chi connectivity index (χ4n) is 1.61. The van der Waals surface area contributed by atoms with Crippen molar-refractivity contribution >= 4 is 34.8 Å². The molecule has 2 rings (SSSR count). The van der Waals surface area contributed by atoms with Crippen LogP contribution in [0.25, 0.3) is 0 Å². The van der Waals surface area contributed by atoms with Crippen LogP contribution in [0.15, 0.2) is 36.7 Å². The Balaban J connectivity index is 2.04. The van der Waals surface area contributed by atoms with Gasteiger partial charge in [-0.3, -0.25) is 20.6 Å². The predicted molar refractivity (Wildman–Crippen MR) is 81.2 cm³/mol. The number of aryl methyl sites for hydroxylation is 1. The molecule has 0 aliphatic heterocycles. The Morgan fingerprint density at radius 2 is 1.75 bits per heavy atom. The largest absolute Gasteiger partial charge is 0.295 e. The maximum absolute atomic E-state index is 12.0. The van der Waals surface area contributed by atoms with Crippen molar-refractivity contribution in [3.8, 4) is 0 Å². The zero-order chi connectivity index (χ0) is 14.5. The highest BCUT2D eigenvalue weighted by molar-refractivity contribution is 6.38. The zero-order valence-corrected chi connectivity index (χ0v) is 12.3. The lowest BCUT2D eigenvalue weighted by Gasteiger charge is -2.11. The number of anilines is 1. The lowest BCUT2D eigenvalue weighted by molar-refractivity contribution is 0.0962. The average molecular weight is 310 g/mol. The van der Waals surface area contributed by atoms with Gasteiger partial charge in [0.25, 0.3) is 5.91 Å². The molecule has 20 heavy (non-hydrogen) atoms. The second-order valence-corrected chi connectivity index (χ2v) is 4.92. The van der Waals surface area contributed by atoms with Gasteiger partial charge in [0, 0.05) is 18.0 Å². The lowest BCUT2D eigenvalue weighted by atomic mass is 10.1. The summed E-state index contributed by atoms with van der Waals surface area (Å²) in [6.45, 7) is 2.06. The van der Waals surface area contributed by atoms with Crippen molar-refractivity contribution in [2.45, 2.75) is 13.3 Å². The quantitative estimate of drug-likeness (QED) is 0.847. The van der Waals surface area contributed by atoms with Crippen LogP contribution >= 0.6 is 23.2 Å². The van der Waals surface area contributed by atoms with Crippen molar-refractivity contribution < 1.29 is 4.79 Å². The molecule has 4 nitrogen and oxygen atoms in total. The summed E-state index contributed by atoms with van der Waals surface area (Å²) in [5, 5.41) is 0.665. The maximum atomic E-state index is 12.0. The molecule has 1 aromatic carbocycles. The zero-order valence-electron chi connectivity index (χ0n) is 10.8. The van der Waals surface area contributed by atoms with E-state index in [1.165, 1.54) is 18.0 Å². The van der Waals surface area contributed by atoms with Gasteiger partial charge in [0.15, 0.2) is 0 Å². The first-order valence-electron chi connectivity index (χ1n) is 6.06. The van der Waals surface area contributed by atoms with Crippen molar-refractivity contribution in [2.24, 2.45) is 0 Å². The van der Waals surface area contributed by atoms with Gasteiger partial charge in [-0.2, -0.15) is 0 Å². The SMILES string of the molecule is CCc1ccc(C(=O)NNc2c(Cl)cncc2Cl)cc1. The molecule has 0 saturated heterocycles. The molecule has 104 valence electrons. The molecule has 0 aliphatic rings. The van der Waals surface area contributed by atoms with E-state index >= 15 is 0 Å². The number of hydrogen-bond acceptors (Lipinski definition) is 3. The number of nitrogens with zero attached hydrogens (tertiary/aromatic N) is 1. The Hall–Kier alpha value is -1.78. The number of carbonyl (C=O) groups excluding carboxylic acids is 1. The molecule has 1 heterocycles. The number of hydrazine groups is 1. The molecule has 1 amide bonds.